The van der Waals surface area contributed by atoms with E-state index in [0.717, 1.165) is 22.2 Å². The van der Waals surface area contributed by atoms with Crippen molar-refractivity contribution in [2.45, 2.75) is 25.8 Å². The van der Waals surface area contributed by atoms with Crippen molar-refractivity contribution in [2.24, 2.45) is 5.73 Å². The molecule has 0 fully saturated rings. The van der Waals surface area contributed by atoms with Gasteiger partial charge in [-0.2, -0.15) is 0 Å². The van der Waals surface area contributed by atoms with E-state index in [-0.39, 0.29) is 25.1 Å². The van der Waals surface area contributed by atoms with Gasteiger partial charge < -0.3 is 15.6 Å². The molecule has 17 heavy (non-hydrogen) atoms. The Bertz CT molecular complexity index is 336. The van der Waals surface area contributed by atoms with Gasteiger partial charge in [-0.05, 0) is 38.0 Å². The van der Waals surface area contributed by atoms with E-state index in [4.69, 9.17) is 15.6 Å². The summed E-state index contributed by atoms with van der Waals surface area (Å²) in [5.74, 6) is 0.830. The summed E-state index contributed by atoms with van der Waals surface area (Å²) in [6.07, 6.45) is 1.46. The fourth-order valence-electron chi connectivity index (χ4n) is 1.56. The van der Waals surface area contributed by atoms with E-state index in [1.807, 2.05) is 25.1 Å². The van der Waals surface area contributed by atoms with Gasteiger partial charge in [0.05, 0.1) is 6.61 Å². The molecule has 0 aliphatic heterocycles. The Morgan fingerprint density at radius 1 is 1.47 bits per heavy atom. The van der Waals surface area contributed by atoms with Gasteiger partial charge in [-0.1, -0.05) is 15.9 Å². The number of aliphatic hydroxyl groups is 1. The van der Waals surface area contributed by atoms with Crippen LogP contribution < -0.4 is 10.5 Å². The molecule has 1 aromatic rings. The van der Waals surface area contributed by atoms with Crippen LogP contribution in [0.15, 0.2) is 22.7 Å². The maximum Gasteiger partial charge on any atom is 0.124 e. The maximum atomic E-state index is 8.79. The monoisotopic (exact) mass is 323 g/mol. The number of benzene rings is 1. The number of halogens is 2. The topological polar surface area (TPSA) is 55.5 Å². The van der Waals surface area contributed by atoms with Gasteiger partial charge in [-0.15, -0.1) is 12.4 Å². The van der Waals surface area contributed by atoms with Crippen LogP contribution in [-0.4, -0.2) is 18.3 Å². The fourth-order valence-corrected chi connectivity index (χ4v) is 1.94. The molecule has 0 aliphatic carbocycles. The van der Waals surface area contributed by atoms with Crippen LogP contribution in [0.25, 0.3) is 0 Å². The summed E-state index contributed by atoms with van der Waals surface area (Å²) in [7, 11) is 0. The van der Waals surface area contributed by atoms with Crippen LogP contribution in [-0.2, 0) is 0 Å². The SMILES string of the molecule is CCOc1ccc(Br)cc1[C@@H](N)CCCO.Cl. The van der Waals surface area contributed by atoms with Crippen LogP contribution in [0.1, 0.15) is 31.4 Å². The van der Waals surface area contributed by atoms with Crippen molar-refractivity contribution < 1.29 is 9.84 Å². The summed E-state index contributed by atoms with van der Waals surface area (Å²) in [4.78, 5) is 0. The van der Waals surface area contributed by atoms with Gasteiger partial charge >= 0.3 is 0 Å². The molecule has 0 aliphatic rings. The molecule has 3 nitrogen and oxygen atoms in total. The minimum absolute atomic E-state index is 0. The van der Waals surface area contributed by atoms with E-state index in [1.54, 1.807) is 0 Å². The van der Waals surface area contributed by atoms with E-state index in [9.17, 15) is 0 Å². The summed E-state index contributed by atoms with van der Waals surface area (Å²) in [5.41, 5.74) is 7.06. The Morgan fingerprint density at radius 2 is 2.18 bits per heavy atom. The highest BCUT2D eigenvalue weighted by atomic mass is 79.9. The molecule has 98 valence electrons. The highest BCUT2D eigenvalue weighted by Gasteiger charge is 2.12. The van der Waals surface area contributed by atoms with Crippen molar-refractivity contribution in [1.29, 1.82) is 0 Å². The first kappa shape index (κ1) is 16.7. The van der Waals surface area contributed by atoms with Crippen molar-refractivity contribution in [3.05, 3.63) is 28.2 Å². The molecule has 0 unspecified atom stereocenters. The first-order chi connectivity index (χ1) is 7.69. The summed E-state index contributed by atoms with van der Waals surface area (Å²) in [6.45, 7) is 2.75. The minimum atomic E-state index is -0.0915. The smallest absolute Gasteiger partial charge is 0.124 e. The fraction of sp³-hybridized carbons (Fsp3) is 0.500. The number of ether oxygens (including phenoxy) is 1. The Kier molecular flexibility index (Phi) is 8.60. The highest BCUT2D eigenvalue weighted by Crippen LogP contribution is 2.29. The van der Waals surface area contributed by atoms with E-state index in [1.165, 1.54) is 0 Å². The van der Waals surface area contributed by atoms with E-state index >= 15 is 0 Å². The Hall–Kier alpha value is -0.290. The molecule has 0 aromatic heterocycles. The molecule has 0 saturated carbocycles. The van der Waals surface area contributed by atoms with Crippen molar-refractivity contribution in [3.8, 4) is 5.75 Å². The van der Waals surface area contributed by atoms with Crippen LogP contribution in [0, 0.1) is 0 Å². The number of rotatable bonds is 6. The largest absolute Gasteiger partial charge is 0.494 e. The predicted octanol–water partition coefficient (Wildman–Crippen LogP) is 3.04. The van der Waals surface area contributed by atoms with Crippen LogP contribution >= 0.6 is 28.3 Å². The third-order valence-corrected chi connectivity index (χ3v) is 2.84. The van der Waals surface area contributed by atoms with E-state index in [2.05, 4.69) is 15.9 Å². The minimum Gasteiger partial charge on any atom is -0.494 e. The van der Waals surface area contributed by atoms with Gasteiger partial charge in [0.2, 0.25) is 0 Å². The van der Waals surface area contributed by atoms with Crippen molar-refractivity contribution in [2.75, 3.05) is 13.2 Å². The second kappa shape index (κ2) is 8.75. The zero-order valence-corrected chi connectivity index (χ0v) is 12.3. The molecule has 0 amide bonds. The van der Waals surface area contributed by atoms with Crippen LogP contribution in [0.2, 0.25) is 0 Å². The second-order valence-corrected chi connectivity index (χ2v) is 4.50. The molecule has 0 radical (unpaired) electrons. The third-order valence-electron chi connectivity index (χ3n) is 2.34. The van der Waals surface area contributed by atoms with Gasteiger partial charge in [0.15, 0.2) is 0 Å². The maximum absolute atomic E-state index is 8.79. The van der Waals surface area contributed by atoms with Crippen molar-refractivity contribution in [3.63, 3.8) is 0 Å². The van der Waals surface area contributed by atoms with Crippen LogP contribution in [0.4, 0.5) is 0 Å². The summed E-state index contributed by atoms with van der Waals surface area (Å²) >= 11 is 3.42. The lowest BCUT2D eigenvalue weighted by atomic mass is 10.0. The molecule has 0 spiro atoms. The number of nitrogens with two attached hydrogens (primary N) is 1. The molecule has 5 heteroatoms. The third kappa shape index (κ3) is 5.25. The van der Waals surface area contributed by atoms with E-state index in [0.29, 0.717) is 13.0 Å². The van der Waals surface area contributed by atoms with Gasteiger partial charge in [0, 0.05) is 22.7 Å². The molecular weight excluding hydrogens is 305 g/mol. The number of aliphatic hydroxyl groups excluding tert-OH is 1. The van der Waals surface area contributed by atoms with Crippen LogP contribution in [0.3, 0.4) is 0 Å². The molecular formula is C12H19BrClNO2. The normalized spacial score (nSPS) is 11.8. The Labute approximate surface area is 117 Å². The lowest BCUT2D eigenvalue weighted by molar-refractivity contribution is 0.278. The standard InChI is InChI=1S/C12H18BrNO2.ClH/c1-2-16-12-6-5-9(13)8-10(12)11(14)4-3-7-15;/h5-6,8,11,15H,2-4,7,14H2,1H3;1H/t11-;/m0./s1. The van der Waals surface area contributed by atoms with Gasteiger partial charge in [0.1, 0.15) is 5.75 Å². The average molecular weight is 325 g/mol. The van der Waals surface area contributed by atoms with Gasteiger partial charge in [-0.3, -0.25) is 0 Å². The lowest BCUT2D eigenvalue weighted by Gasteiger charge is -2.16. The molecule has 3 N–H and O–H groups in total. The zero-order valence-electron chi connectivity index (χ0n) is 9.86. The predicted molar refractivity (Wildman–Crippen MR) is 75.8 cm³/mol. The Balaban J connectivity index is 0.00000256. The summed E-state index contributed by atoms with van der Waals surface area (Å²) in [6, 6.07) is 5.74. The van der Waals surface area contributed by atoms with Crippen LogP contribution in [0.5, 0.6) is 5.75 Å². The molecule has 1 rings (SSSR count). The van der Waals surface area contributed by atoms with Gasteiger partial charge in [0.25, 0.3) is 0 Å². The molecule has 0 bridgehead atoms. The van der Waals surface area contributed by atoms with E-state index < -0.39 is 0 Å². The number of hydrogen-bond donors (Lipinski definition) is 2. The van der Waals surface area contributed by atoms with Gasteiger partial charge in [-0.25, -0.2) is 0 Å². The second-order valence-electron chi connectivity index (χ2n) is 3.59. The Morgan fingerprint density at radius 3 is 2.76 bits per heavy atom. The molecule has 1 atom stereocenters. The van der Waals surface area contributed by atoms with Crippen molar-refractivity contribution >= 4 is 28.3 Å². The zero-order chi connectivity index (χ0) is 12.0. The molecule has 0 heterocycles. The molecule has 0 saturated heterocycles. The quantitative estimate of drug-likeness (QED) is 0.845. The first-order valence-corrected chi connectivity index (χ1v) is 6.27. The molecule has 1 aromatic carbocycles. The summed E-state index contributed by atoms with van der Waals surface area (Å²) in [5, 5.41) is 8.79. The first-order valence-electron chi connectivity index (χ1n) is 5.47. The average Bonchev–Trinajstić information content (AvgIpc) is 2.28. The summed E-state index contributed by atoms with van der Waals surface area (Å²) < 4.78 is 6.52. The van der Waals surface area contributed by atoms with Crippen molar-refractivity contribution in [1.82, 2.24) is 0 Å². The lowest BCUT2D eigenvalue weighted by Crippen LogP contribution is -2.12. The number of hydrogen-bond acceptors (Lipinski definition) is 3. The highest BCUT2D eigenvalue weighted by molar-refractivity contribution is 9.10.